The minimum absolute atomic E-state index is 0. The van der Waals surface area contributed by atoms with Crippen LogP contribution in [-0.2, 0) is 4.79 Å². The molecular formula is C18H25ClF3N3O3. The number of benzene rings is 1. The maximum absolute atomic E-state index is 12.4. The second kappa shape index (κ2) is 10.2. The summed E-state index contributed by atoms with van der Waals surface area (Å²) in [5, 5.41) is 3.31. The van der Waals surface area contributed by atoms with Gasteiger partial charge in [0.1, 0.15) is 0 Å². The van der Waals surface area contributed by atoms with E-state index in [9.17, 15) is 18.0 Å². The van der Waals surface area contributed by atoms with Crippen LogP contribution in [0.25, 0.3) is 0 Å². The van der Waals surface area contributed by atoms with Gasteiger partial charge in [0.25, 0.3) is 5.91 Å². The predicted octanol–water partition coefficient (Wildman–Crippen LogP) is 1.93. The summed E-state index contributed by atoms with van der Waals surface area (Å²) < 4.78 is 47.3. The van der Waals surface area contributed by atoms with Gasteiger partial charge >= 0.3 is 6.18 Å². The van der Waals surface area contributed by atoms with Crippen LogP contribution in [0, 0.1) is 0 Å². The molecule has 0 bridgehead atoms. The molecule has 3 rings (SSSR count). The van der Waals surface area contributed by atoms with Gasteiger partial charge in [-0.1, -0.05) is 12.1 Å². The highest BCUT2D eigenvalue weighted by Gasteiger charge is 2.31. The van der Waals surface area contributed by atoms with Gasteiger partial charge in [0.05, 0.1) is 0 Å². The molecule has 2 aliphatic heterocycles. The number of halogens is 4. The Balaban J connectivity index is 0.00000280. The molecule has 10 heteroatoms. The second-order valence-corrected chi connectivity index (χ2v) is 6.71. The molecule has 158 valence electrons. The first-order valence-electron chi connectivity index (χ1n) is 9.06. The molecule has 2 aliphatic rings. The molecule has 1 aromatic rings. The summed E-state index contributed by atoms with van der Waals surface area (Å²) in [4.78, 5) is 16.6. The Kier molecular flexibility index (Phi) is 8.21. The van der Waals surface area contributed by atoms with Gasteiger partial charge in [-0.05, 0) is 18.6 Å². The number of hydrogen-bond donors (Lipinski definition) is 1. The third kappa shape index (κ3) is 6.42. The Morgan fingerprint density at radius 3 is 2.39 bits per heavy atom. The van der Waals surface area contributed by atoms with Gasteiger partial charge in [0.15, 0.2) is 24.7 Å². The molecule has 1 N–H and O–H groups in total. The van der Waals surface area contributed by atoms with E-state index in [1.807, 2.05) is 0 Å². The summed E-state index contributed by atoms with van der Waals surface area (Å²) in [7, 11) is 0. The number of alkyl halides is 3. The first-order valence-corrected chi connectivity index (χ1v) is 9.06. The number of para-hydroxylation sites is 2. The fraction of sp³-hybridized carbons (Fsp3) is 0.611. The number of rotatable bonds is 6. The van der Waals surface area contributed by atoms with E-state index < -0.39 is 12.8 Å². The van der Waals surface area contributed by atoms with E-state index in [0.29, 0.717) is 19.1 Å². The molecular weight excluding hydrogens is 399 g/mol. The first-order chi connectivity index (χ1) is 12.9. The van der Waals surface area contributed by atoms with Gasteiger partial charge in [-0.25, -0.2) is 0 Å². The maximum Gasteiger partial charge on any atom is 0.422 e. The minimum atomic E-state index is -4.43. The molecule has 6 nitrogen and oxygen atoms in total. The summed E-state index contributed by atoms with van der Waals surface area (Å²) >= 11 is 0. The highest BCUT2D eigenvalue weighted by molar-refractivity contribution is 5.85. The number of nitrogens with zero attached hydrogens (tertiary/aromatic N) is 2. The molecule has 0 radical (unpaired) electrons. The van der Waals surface area contributed by atoms with Crippen LogP contribution in [0.2, 0.25) is 0 Å². The lowest BCUT2D eigenvalue weighted by molar-refractivity contribution is -0.153. The van der Waals surface area contributed by atoms with Crippen LogP contribution < -0.4 is 14.8 Å². The fourth-order valence-electron chi connectivity index (χ4n) is 3.39. The standard InChI is InChI=1S/C18H24F3N3O3.ClH/c19-18(20,21)13-27-16-4-2-1-3-15(16)26-12-17(25)24-8-5-14(11-24)23-9-6-22-7-10-23;/h1-4,14,22H,5-13H2;1H. The van der Waals surface area contributed by atoms with Crippen molar-refractivity contribution in [2.45, 2.75) is 18.6 Å². The summed E-state index contributed by atoms with van der Waals surface area (Å²) in [5.74, 6) is -0.0612. The number of carbonyl (C=O) groups excluding carboxylic acids is 1. The van der Waals surface area contributed by atoms with Crippen molar-refractivity contribution in [2.24, 2.45) is 0 Å². The molecule has 0 aliphatic carbocycles. The zero-order valence-corrected chi connectivity index (χ0v) is 16.2. The number of amides is 1. The van der Waals surface area contributed by atoms with Gasteiger partial charge in [-0.2, -0.15) is 13.2 Å². The van der Waals surface area contributed by atoms with Crippen molar-refractivity contribution >= 4 is 18.3 Å². The topological polar surface area (TPSA) is 54.0 Å². The smallest absolute Gasteiger partial charge is 0.422 e. The van der Waals surface area contributed by atoms with Crippen LogP contribution in [0.15, 0.2) is 24.3 Å². The van der Waals surface area contributed by atoms with Gasteiger partial charge < -0.3 is 19.7 Å². The molecule has 1 aromatic carbocycles. The van der Waals surface area contributed by atoms with Crippen molar-refractivity contribution in [3.05, 3.63) is 24.3 Å². The fourth-order valence-corrected chi connectivity index (χ4v) is 3.39. The zero-order chi connectivity index (χ0) is 19.3. The van der Waals surface area contributed by atoms with Gasteiger partial charge in [0.2, 0.25) is 0 Å². The largest absolute Gasteiger partial charge is 0.480 e. The average Bonchev–Trinajstić information content (AvgIpc) is 3.15. The van der Waals surface area contributed by atoms with Crippen molar-refractivity contribution in [1.82, 2.24) is 15.1 Å². The second-order valence-electron chi connectivity index (χ2n) is 6.71. The molecule has 28 heavy (non-hydrogen) atoms. The Morgan fingerprint density at radius 1 is 1.11 bits per heavy atom. The van der Waals surface area contributed by atoms with E-state index >= 15 is 0 Å². The molecule has 0 spiro atoms. The number of carbonyl (C=O) groups is 1. The lowest BCUT2D eigenvalue weighted by Gasteiger charge is -2.32. The van der Waals surface area contributed by atoms with Crippen molar-refractivity contribution in [2.75, 3.05) is 52.5 Å². The normalized spacial score (nSPS) is 20.5. The van der Waals surface area contributed by atoms with Crippen LogP contribution in [0.5, 0.6) is 11.5 Å². The van der Waals surface area contributed by atoms with Crippen molar-refractivity contribution in [3.8, 4) is 11.5 Å². The van der Waals surface area contributed by atoms with Gasteiger partial charge in [-0.15, -0.1) is 12.4 Å². The molecule has 2 heterocycles. The quantitative estimate of drug-likeness (QED) is 0.758. The van der Waals surface area contributed by atoms with Crippen molar-refractivity contribution in [1.29, 1.82) is 0 Å². The Morgan fingerprint density at radius 2 is 1.75 bits per heavy atom. The van der Waals surface area contributed by atoms with E-state index in [4.69, 9.17) is 9.47 Å². The first kappa shape index (κ1) is 22.6. The third-order valence-corrected chi connectivity index (χ3v) is 4.78. The molecule has 2 fully saturated rings. The summed E-state index contributed by atoms with van der Waals surface area (Å²) in [5.41, 5.74) is 0. The van der Waals surface area contributed by atoms with Crippen LogP contribution in [0.1, 0.15) is 6.42 Å². The van der Waals surface area contributed by atoms with Gasteiger partial charge in [-0.3, -0.25) is 9.69 Å². The Bertz CT molecular complexity index is 642. The van der Waals surface area contributed by atoms with E-state index in [1.165, 1.54) is 12.1 Å². The average molecular weight is 424 g/mol. The van der Waals surface area contributed by atoms with Gasteiger partial charge in [0, 0.05) is 45.3 Å². The lowest BCUT2D eigenvalue weighted by atomic mass is 10.2. The zero-order valence-electron chi connectivity index (χ0n) is 15.4. The number of hydrogen-bond acceptors (Lipinski definition) is 5. The molecule has 0 aromatic heterocycles. The monoisotopic (exact) mass is 423 g/mol. The number of piperazine rings is 1. The van der Waals surface area contributed by atoms with Crippen molar-refractivity contribution < 1.29 is 27.4 Å². The van der Waals surface area contributed by atoms with E-state index in [2.05, 4.69) is 10.2 Å². The highest BCUT2D eigenvalue weighted by atomic mass is 35.5. The van der Waals surface area contributed by atoms with Crippen LogP contribution in [0.4, 0.5) is 13.2 Å². The number of nitrogens with one attached hydrogen (secondary N) is 1. The van der Waals surface area contributed by atoms with E-state index in [0.717, 1.165) is 32.6 Å². The maximum atomic E-state index is 12.4. The van der Waals surface area contributed by atoms with E-state index in [1.54, 1.807) is 17.0 Å². The highest BCUT2D eigenvalue weighted by Crippen LogP contribution is 2.28. The van der Waals surface area contributed by atoms with E-state index in [-0.39, 0.29) is 36.4 Å². The summed E-state index contributed by atoms with van der Waals surface area (Å²) in [6, 6.07) is 6.42. The minimum Gasteiger partial charge on any atom is -0.480 e. The van der Waals surface area contributed by atoms with Crippen LogP contribution >= 0.6 is 12.4 Å². The molecule has 0 saturated carbocycles. The Labute approximate surface area is 168 Å². The molecule has 1 atom stereocenters. The number of ether oxygens (including phenoxy) is 2. The van der Waals surface area contributed by atoms with Crippen LogP contribution in [0.3, 0.4) is 0 Å². The summed E-state index contributed by atoms with van der Waals surface area (Å²) in [6.45, 7) is 3.59. The number of likely N-dealkylation sites (tertiary alicyclic amines) is 1. The summed E-state index contributed by atoms with van der Waals surface area (Å²) in [6.07, 6.45) is -3.51. The molecule has 1 unspecified atom stereocenters. The molecule has 2 saturated heterocycles. The molecule has 1 amide bonds. The van der Waals surface area contributed by atoms with Crippen molar-refractivity contribution in [3.63, 3.8) is 0 Å². The lowest BCUT2D eigenvalue weighted by Crippen LogP contribution is -2.49. The predicted molar refractivity (Wildman–Crippen MR) is 100 cm³/mol. The SMILES string of the molecule is Cl.O=C(COc1ccccc1OCC(F)(F)F)N1CCC(N2CCNCC2)C1. The van der Waals surface area contributed by atoms with Crippen LogP contribution in [-0.4, -0.2) is 80.4 Å². The third-order valence-electron chi connectivity index (χ3n) is 4.78. The Hall–Kier alpha value is -1.71.